The molecule has 0 bridgehead atoms. The average molecular weight is 440 g/mol. The molecule has 1 unspecified atom stereocenters. The van der Waals surface area contributed by atoms with E-state index in [1.807, 2.05) is 58.2 Å². The Morgan fingerprint density at radius 3 is 2.55 bits per heavy atom. The summed E-state index contributed by atoms with van der Waals surface area (Å²) >= 11 is 0. The van der Waals surface area contributed by atoms with Gasteiger partial charge in [-0.15, -0.1) is 0 Å². The number of hydrogen-bond donors (Lipinski definition) is 0. The lowest BCUT2D eigenvalue weighted by Gasteiger charge is -2.18. The molecule has 166 valence electrons. The molecular weight excluding hydrogens is 406 g/mol. The number of fused-ring (bicyclic) bond motifs is 1. The molecule has 1 aromatic heterocycles. The molecule has 0 saturated carbocycles. The lowest BCUT2D eigenvalue weighted by Crippen LogP contribution is -2.20. The van der Waals surface area contributed by atoms with Gasteiger partial charge in [-0.1, -0.05) is 39.0 Å². The summed E-state index contributed by atoms with van der Waals surface area (Å²) in [7, 11) is 2.45. The second-order valence-corrected chi connectivity index (χ2v) is 8.92. The number of aromatic nitrogens is 1. The normalized spacial score (nSPS) is 14.2. The fourth-order valence-corrected chi connectivity index (χ4v) is 4.45. The van der Waals surface area contributed by atoms with Crippen molar-refractivity contribution in [2.45, 2.75) is 47.1 Å². The minimum absolute atomic E-state index is 0.168. The van der Waals surface area contributed by atoms with E-state index >= 15 is 0 Å². The van der Waals surface area contributed by atoms with Crippen LogP contribution in [0.4, 0.5) is 0 Å². The Hall–Kier alpha value is -2.78. The zero-order valence-corrected chi connectivity index (χ0v) is 20.4. The third kappa shape index (κ3) is 4.94. The summed E-state index contributed by atoms with van der Waals surface area (Å²) in [5, 5.41) is 10.9. The topological polar surface area (TPSA) is 58.3 Å². The van der Waals surface area contributed by atoms with Crippen LogP contribution in [-0.2, 0) is 11.0 Å². The number of likely N-dealkylation sites (N-methyl/N-ethyl adjacent to an activating group) is 1. The molecule has 0 spiro atoms. The molecule has 0 amide bonds. The third-order valence-corrected chi connectivity index (χ3v) is 6.44. The molecular formula is C25H33N3O2S. The SMILES string of the molecule is CC.CCS(=O)N(C)C1=CCC=C(c2c(C#N)c3ccc(OC)cc3n2C(C)C)C=C1. The van der Waals surface area contributed by atoms with Gasteiger partial charge in [0, 0.05) is 36.0 Å². The van der Waals surface area contributed by atoms with Gasteiger partial charge in [0.2, 0.25) is 0 Å². The Balaban J connectivity index is 0.00000166. The standard InChI is InChI=1S/C23H27N3O2S.C2H6/c1-6-29(27)25(4)18-9-7-8-17(10-11-18)23-21(15-24)20-13-12-19(28-5)14-22(20)26(23)16(2)3;1-2/h8-14,16H,6-7H2,1-5H3;1-2H3. The molecule has 31 heavy (non-hydrogen) atoms. The Morgan fingerprint density at radius 1 is 1.26 bits per heavy atom. The fraction of sp³-hybridized carbons (Fsp3) is 0.400. The van der Waals surface area contributed by atoms with Crippen LogP contribution in [0.15, 0.2) is 48.2 Å². The first kappa shape index (κ1) is 24.5. The predicted octanol–water partition coefficient (Wildman–Crippen LogP) is 5.97. The van der Waals surface area contributed by atoms with Crippen LogP contribution >= 0.6 is 0 Å². The Kier molecular flexibility index (Phi) is 8.70. The zero-order valence-electron chi connectivity index (χ0n) is 19.6. The van der Waals surface area contributed by atoms with Crippen molar-refractivity contribution in [1.82, 2.24) is 8.87 Å². The number of hydrogen-bond acceptors (Lipinski definition) is 3. The summed E-state index contributed by atoms with van der Waals surface area (Å²) in [6.07, 6.45) is 8.90. The maximum absolute atomic E-state index is 12.2. The van der Waals surface area contributed by atoms with Crippen LogP contribution in [0.1, 0.15) is 58.3 Å². The van der Waals surface area contributed by atoms with Crippen molar-refractivity contribution in [3.05, 3.63) is 59.5 Å². The summed E-state index contributed by atoms with van der Waals surface area (Å²) in [4.78, 5) is 0. The molecule has 0 saturated heterocycles. The maximum Gasteiger partial charge on any atom is 0.120 e. The molecule has 0 aliphatic heterocycles. The van der Waals surface area contributed by atoms with E-state index in [0.29, 0.717) is 17.7 Å². The van der Waals surface area contributed by atoms with Gasteiger partial charge in [0.1, 0.15) is 22.8 Å². The van der Waals surface area contributed by atoms with Crippen molar-refractivity contribution in [3.8, 4) is 11.8 Å². The lowest BCUT2D eigenvalue weighted by molar-refractivity contribution is 0.415. The van der Waals surface area contributed by atoms with Crippen LogP contribution < -0.4 is 4.74 Å². The number of nitriles is 1. The highest BCUT2D eigenvalue weighted by molar-refractivity contribution is 7.82. The van der Waals surface area contributed by atoms with Crippen LogP contribution in [0.25, 0.3) is 16.5 Å². The van der Waals surface area contributed by atoms with Gasteiger partial charge in [0.05, 0.1) is 23.9 Å². The second-order valence-electron chi connectivity index (χ2n) is 7.15. The van der Waals surface area contributed by atoms with Crippen molar-refractivity contribution in [2.24, 2.45) is 0 Å². The van der Waals surface area contributed by atoms with E-state index < -0.39 is 11.0 Å². The minimum atomic E-state index is -1.05. The van der Waals surface area contributed by atoms with Gasteiger partial charge >= 0.3 is 0 Å². The van der Waals surface area contributed by atoms with E-state index in [2.05, 4.69) is 36.6 Å². The van der Waals surface area contributed by atoms with E-state index in [0.717, 1.165) is 33.6 Å². The first-order chi connectivity index (χ1) is 14.9. The summed E-state index contributed by atoms with van der Waals surface area (Å²) in [6.45, 7) is 10.1. The number of allylic oxidation sites excluding steroid dienone is 5. The van der Waals surface area contributed by atoms with Crippen LogP contribution in [0, 0.1) is 11.3 Å². The molecule has 0 fully saturated rings. The Labute approximate surface area is 188 Å². The van der Waals surface area contributed by atoms with Gasteiger partial charge < -0.3 is 9.30 Å². The van der Waals surface area contributed by atoms with Gasteiger partial charge in [-0.25, -0.2) is 4.21 Å². The molecule has 1 heterocycles. The highest BCUT2D eigenvalue weighted by Gasteiger charge is 2.22. The van der Waals surface area contributed by atoms with E-state index in [4.69, 9.17) is 4.74 Å². The molecule has 1 aliphatic rings. The van der Waals surface area contributed by atoms with Crippen LogP contribution in [-0.4, -0.2) is 33.0 Å². The number of methoxy groups -OCH3 is 1. The van der Waals surface area contributed by atoms with Crippen molar-refractivity contribution in [2.75, 3.05) is 19.9 Å². The molecule has 3 rings (SSSR count). The lowest BCUT2D eigenvalue weighted by atomic mass is 10.0. The highest BCUT2D eigenvalue weighted by Crippen LogP contribution is 2.36. The molecule has 2 aromatic rings. The minimum Gasteiger partial charge on any atom is -0.497 e. The Bertz CT molecular complexity index is 1080. The van der Waals surface area contributed by atoms with Gasteiger partial charge in [0.15, 0.2) is 0 Å². The summed E-state index contributed by atoms with van der Waals surface area (Å²) in [5.41, 5.74) is 4.48. The number of rotatable bonds is 6. The number of nitrogens with zero attached hydrogens (tertiary/aromatic N) is 3. The number of benzene rings is 1. The van der Waals surface area contributed by atoms with E-state index in [1.165, 1.54) is 0 Å². The summed E-state index contributed by atoms with van der Waals surface area (Å²) < 4.78 is 21.6. The molecule has 5 nitrogen and oxygen atoms in total. The largest absolute Gasteiger partial charge is 0.497 e. The van der Waals surface area contributed by atoms with Gasteiger partial charge in [-0.05, 0) is 44.1 Å². The quantitative estimate of drug-likeness (QED) is 0.557. The summed E-state index contributed by atoms with van der Waals surface area (Å²) in [5.74, 6) is 1.34. The van der Waals surface area contributed by atoms with Crippen LogP contribution in [0.3, 0.4) is 0 Å². The zero-order chi connectivity index (χ0) is 23.1. The Morgan fingerprint density at radius 2 is 1.97 bits per heavy atom. The van der Waals surface area contributed by atoms with Crippen molar-refractivity contribution >= 4 is 27.5 Å². The van der Waals surface area contributed by atoms with Gasteiger partial charge in [-0.3, -0.25) is 4.31 Å². The smallest absolute Gasteiger partial charge is 0.120 e. The third-order valence-electron chi connectivity index (χ3n) is 5.13. The average Bonchev–Trinajstić information content (AvgIpc) is 2.93. The van der Waals surface area contributed by atoms with Gasteiger partial charge in [-0.2, -0.15) is 5.26 Å². The predicted molar refractivity (Wildman–Crippen MR) is 131 cm³/mol. The molecule has 6 heteroatoms. The van der Waals surface area contributed by atoms with Crippen LogP contribution in [0.2, 0.25) is 0 Å². The highest BCUT2D eigenvalue weighted by atomic mass is 32.2. The monoisotopic (exact) mass is 439 g/mol. The molecule has 1 aromatic carbocycles. The van der Waals surface area contributed by atoms with Crippen molar-refractivity contribution in [1.29, 1.82) is 5.26 Å². The maximum atomic E-state index is 12.2. The molecule has 0 radical (unpaired) electrons. The van der Waals surface area contributed by atoms with Crippen molar-refractivity contribution in [3.63, 3.8) is 0 Å². The van der Waals surface area contributed by atoms with Gasteiger partial charge in [0.25, 0.3) is 0 Å². The van der Waals surface area contributed by atoms with Crippen LogP contribution in [0.5, 0.6) is 5.75 Å². The first-order valence-electron chi connectivity index (χ1n) is 10.8. The first-order valence-corrected chi connectivity index (χ1v) is 12.0. The summed E-state index contributed by atoms with van der Waals surface area (Å²) in [6, 6.07) is 8.42. The van der Waals surface area contributed by atoms with Crippen molar-refractivity contribution < 1.29 is 8.95 Å². The van der Waals surface area contributed by atoms with E-state index in [9.17, 15) is 9.47 Å². The molecule has 1 atom stereocenters. The van der Waals surface area contributed by atoms with E-state index in [-0.39, 0.29) is 6.04 Å². The fourth-order valence-electron chi connectivity index (χ4n) is 3.69. The molecule has 0 N–H and O–H groups in total. The van der Waals surface area contributed by atoms with E-state index in [1.54, 1.807) is 11.4 Å². The molecule has 1 aliphatic carbocycles. The number of ether oxygens (including phenoxy) is 1. The second kappa shape index (κ2) is 11.0.